The standard InChI is InChI=1S/C12H17BrFNO3S/c1-9(5-7-19(15,16)17)4-6-18-12-3-2-10(14)8-11(12)13/h2-3,8-9H,4-7H2,1H3,(H2,15,16,17). The summed E-state index contributed by atoms with van der Waals surface area (Å²) in [5.74, 6) is 0.410. The lowest BCUT2D eigenvalue weighted by molar-refractivity contribution is 0.280. The minimum absolute atomic E-state index is 0.0194. The van der Waals surface area contributed by atoms with Crippen molar-refractivity contribution in [2.45, 2.75) is 19.8 Å². The molecule has 0 aliphatic heterocycles. The van der Waals surface area contributed by atoms with Crippen molar-refractivity contribution in [1.29, 1.82) is 0 Å². The summed E-state index contributed by atoms with van der Waals surface area (Å²) in [6.45, 7) is 2.38. The van der Waals surface area contributed by atoms with Gasteiger partial charge in [0, 0.05) is 0 Å². The average Bonchev–Trinajstić information content (AvgIpc) is 2.28. The van der Waals surface area contributed by atoms with E-state index in [2.05, 4.69) is 15.9 Å². The van der Waals surface area contributed by atoms with Gasteiger partial charge in [-0.15, -0.1) is 0 Å². The van der Waals surface area contributed by atoms with Crippen molar-refractivity contribution in [3.8, 4) is 5.75 Å². The van der Waals surface area contributed by atoms with Crippen LogP contribution >= 0.6 is 15.9 Å². The van der Waals surface area contributed by atoms with E-state index in [-0.39, 0.29) is 17.5 Å². The number of nitrogens with two attached hydrogens (primary N) is 1. The lowest BCUT2D eigenvalue weighted by Gasteiger charge is -2.12. The number of benzene rings is 1. The van der Waals surface area contributed by atoms with Gasteiger partial charge in [-0.2, -0.15) is 0 Å². The number of sulfonamides is 1. The van der Waals surface area contributed by atoms with Crippen molar-refractivity contribution in [3.05, 3.63) is 28.5 Å². The van der Waals surface area contributed by atoms with Gasteiger partial charge in [-0.05, 0) is 52.9 Å². The highest BCUT2D eigenvalue weighted by Crippen LogP contribution is 2.25. The SMILES string of the molecule is CC(CCOc1ccc(F)cc1Br)CCS(N)(=O)=O. The molecule has 1 aromatic carbocycles. The first kappa shape index (κ1) is 16.4. The number of primary sulfonamides is 1. The van der Waals surface area contributed by atoms with Crippen LogP contribution in [-0.2, 0) is 10.0 Å². The largest absolute Gasteiger partial charge is 0.492 e. The molecule has 0 aromatic heterocycles. The third-order valence-electron chi connectivity index (χ3n) is 2.66. The Kier molecular flexibility index (Phi) is 6.22. The number of rotatable bonds is 7. The molecule has 0 heterocycles. The van der Waals surface area contributed by atoms with Crippen LogP contribution in [0.15, 0.2) is 22.7 Å². The summed E-state index contributed by atoms with van der Waals surface area (Å²) in [5.41, 5.74) is 0. The minimum Gasteiger partial charge on any atom is -0.492 e. The summed E-state index contributed by atoms with van der Waals surface area (Å²) in [4.78, 5) is 0. The molecule has 0 saturated carbocycles. The van der Waals surface area contributed by atoms with Gasteiger partial charge >= 0.3 is 0 Å². The van der Waals surface area contributed by atoms with Crippen molar-refractivity contribution in [1.82, 2.24) is 0 Å². The molecule has 108 valence electrons. The van der Waals surface area contributed by atoms with E-state index in [0.717, 1.165) is 0 Å². The molecule has 0 aliphatic rings. The summed E-state index contributed by atoms with van der Waals surface area (Å²) in [7, 11) is -3.40. The maximum Gasteiger partial charge on any atom is 0.209 e. The van der Waals surface area contributed by atoms with Crippen LogP contribution in [0.1, 0.15) is 19.8 Å². The fourth-order valence-corrected chi connectivity index (χ4v) is 2.67. The van der Waals surface area contributed by atoms with Gasteiger partial charge in [0.15, 0.2) is 0 Å². The Morgan fingerprint density at radius 2 is 2.11 bits per heavy atom. The van der Waals surface area contributed by atoms with Crippen molar-refractivity contribution >= 4 is 26.0 Å². The van der Waals surface area contributed by atoms with Crippen LogP contribution in [0.2, 0.25) is 0 Å². The number of hydrogen-bond acceptors (Lipinski definition) is 3. The zero-order chi connectivity index (χ0) is 14.5. The second-order valence-electron chi connectivity index (χ2n) is 4.47. The topological polar surface area (TPSA) is 69.4 Å². The van der Waals surface area contributed by atoms with Crippen molar-refractivity contribution < 1.29 is 17.5 Å². The molecule has 1 atom stereocenters. The fourth-order valence-electron chi connectivity index (χ4n) is 1.47. The van der Waals surface area contributed by atoms with Crippen LogP contribution in [-0.4, -0.2) is 20.8 Å². The molecular formula is C12H17BrFNO3S. The van der Waals surface area contributed by atoms with E-state index < -0.39 is 10.0 Å². The van der Waals surface area contributed by atoms with Gasteiger partial charge < -0.3 is 4.74 Å². The lowest BCUT2D eigenvalue weighted by atomic mass is 10.1. The Labute approximate surface area is 121 Å². The fraction of sp³-hybridized carbons (Fsp3) is 0.500. The molecule has 2 N–H and O–H groups in total. The van der Waals surface area contributed by atoms with Crippen molar-refractivity contribution in [3.63, 3.8) is 0 Å². The van der Waals surface area contributed by atoms with Gasteiger partial charge in [-0.1, -0.05) is 6.92 Å². The van der Waals surface area contributed by atoms with Crippen molar-refractivity contribution in [2.75, 3.05) is 12.4 Å². The zero-order valence-corrected chi connectivity index (χ0v) is 13.0. The molecule has 0 aliphatic carbocycles. The van der Waals surface area contributed by atoms with E-state index in [1.165, 1.54) is 12.1 Å². The smallest absolute Gasteiger partial charge is 0.209 e. The van der Waals surface area contributed by atoms with E-state index in [4.69, 9.17) is 9.88 Å². The van der Waals surface area contributed by atoms with Gasteiger partial charge in [0.2, 0.25) is 10.0 Å². The number of halogens is 2. The highest BCUT2D eigenvalue weighted by Gasteiger charge is 2.09. The van der Waals surface area contributed by atoms with Gasteiger partial charge in [-0.25, -0.2) is 17.9 Å². The summed E-state index contributed by atoms with van der Waals surface area (Å²) in [5, 5.41) is 4.94. The first-order valence-electron chi connectivity index (χ1n) is 5.86. The molecule has 19 heavy (non-hydrogen) atoms. The predicted molar refractivity (Wildman–Crippen MR) is 76.0 cm³/mol. The Morgan fingerprint density at radius 3 is 2.68 bits per heavy atom. The molecule has 0 amide bonds. The summed E-state index contributed by atoms with van der Waals surface area (Å²) >= 11 is 3.21. The number of ether oxygens (including phenoxy) is 1. The van der Waals surface area contributed by atoms with Crippen molar-refractivity contribution in [2.24, 2.45) is 11.1 Å². The average molecular weight is 354 g/mol. The molecule has 7 heteroatoms. The molecule has 1 rings (SSSR count). The lowest BCUT2D eigenvalue weighted by Crippen LogP contribution is -2.18. The predicted octanol–water partition coefficient (Wildman–Crippen LogP) is 2.67. The zero-order valence-electron chi connectivity index (χ0n) is 10.6. The Balaban J connectivity index is 2.33. The minimum atomic E-state index is -3.40. The molecule has 4 nitrogen and oxygen atoms in total. The quantitative estimate of drug-likeness (QED) is 0.819. The monoisotopic (exact) mass is 353 g/mol. The first-order chi connectivity index (χ1) is 8.78. The molecule has 0 fully saturated rings. The van der Waals surface area contributed by atoms with E-state index in [9.17, 15) is 12.8 Å². The molecular weight excluding hydrogens is 337 g/mol. The second-order valence-corrected chi connectivity index (χ2v) is 7.06. The van der Waals surface area contributed by atoms with E-state index in [1.807, 2.05) is 6.92 Å². The highest BCUT2D eigenvalue weighted by atomic mass is 79.9. The molecule has 0 radical (unpaired) electrons. The maximum absolute atomic E-state index is 12.9. The van der Waals surface area contributed by atoms with E-state index in [1.54, 1.807) is 6.07 Å². The van der Waals surface area contributed by atoms with Crippen LogP contribution < -0.4 is 9.88 Å². The Bertz CT molecular complexity index is 522. The Morgan fingerprint density at radius 1 is 1.42 bits per heavy atom. The first-order valence-corrected chi connectivity index (χ1v) is 8.37. The van der Waals surface area contributed by atoms with Crippen LogP contribution in [0.25, 0.3) is 0 Å². The van der Waals surface area contributed by atoms with Crippen LogP contribution in [0.4, 0.5) is 4.39 Å². The van der Waals surface area contributed by atoms with E-state index >= 15 is 0 Å². The molecule has 1 unspecified atom stereocenters. The van der Waals surface area contributed by atoms with Crippen LogP contribution in [0.3, 0.4) is 0 Å². The summed E-state index contributed by atoms with van der Waals surface area (Å²) in [6.07, 6.45) is 1.21. The Hall–Kier alpha value is -0.660. The molecule has 0 bridgehead atoms. The molecule has 0 spiro atoms. The second kappa shape index (κ2) is 7.21. The molecule has 0 saturated heterocycles. The van der Waals surface area contributed by atoms with Gasteiger partial charge in [0.25, 0.3) is 0 Å². The normalized spacial score (nSPS) is 13.3. The third-order valence-corrected chi connectivity index (χ3v) is 4.08. The highest BCUT2D eigenvalue weighted by molar-refractivity contribution is 9.10. The van der Waals surface area contributed by atoms with Crippen LogP contribution in [0, 0.1) is 11.7 Å². The van der Waals surface area contributed by atoms with Gasteiger partial charge in [0.1, 0.15) is 11.6 Å². The van der Waals surface area contributed by atoms with Gasteiger partial charge in [0.05, 0.1) is 16.8 Å². The van der Waals surface area contributed by atoms with Crippen LogP contribution in [0.5, 0.6) is 5.75 Å². The molecule has 1 aromatic rings. The summed E-state index contributed by atoms with van der Waals surface area (Å²) < 4.78 is 40.5. The summed E-state index contributed by atoms with van der Waals surface area (Å²) in [6, 6.07) is 4.21. The van der Waals surface area contributed by atoms with Gasteiger partial charge in [-0.3, -0.25) is 0 Å². The van der Waals surface area contributed by atoms with E-state index in [0.29, 0.717) is 29.7 Å². The maximum atomic E-state index is 12.9. The third kappa shape index (κ3) is 6.89. The number of hydrogen-bond donors (Lipinski definition) is 1.